The highest BCUT2D eigenvalue weighted by atomic mass is 32.2. The molecule has 1 aliphatic heterocycles. The number of hydrogen-bond acceptors (Lipinski definition) is 5. The quantitative estimate of drug-likeness (QED) is 0.698. The van der Waals surface area contributed by atoms with Gasteiger partial charge in [0.2, 0.25) is 5.91 Å². The van der Waals surface area contributed by atoms with Gasteiger partial charge in [-0.05, 0) is 43.4 Å². The Labute approximate surface area is 180 Å². The monoisotopic (exact) mass is 435 g/mol. The third-order valence-corrected chi connectivity index (χ3v) is 6.98. The number of carbonyl (C=O) groups excluding carboxylic acids is 2. The van der Waals surface area contributed by atoms with Crippen molar-refractivity contribution in [3.63, 3.8) is 0 Å². The van der Waals surface area contributed by atoms with E-state index in [1.807, 2.05) is 41.6 Å². The summed E-state index contributed by atoms with van der Waals surface area (Å²) in [5.41, 5.74) is 1.01. The molecule has 0 radical (unpaired) electrons. The molecule has 1 aromatic heterocycles. The van der Waals surface area contributed by atoms with E-state index in [9.17, 15) is 9.59 Å². The van der Waals surface area contributed by atoms with Crippen LogP contribution in [0.2, 0.25) is 0 Å². The lowest BCUT2D eigenvalue weighted by Crippen LogP contribution is -2.43. The topological polar surface area (TPSA) is 63.9 Å². The fraction of sp³-hybridized carbons (Fsp3) is 0.571. The zero-order valence-corrected chi connectivity index (χ0v) is 19.1. The van der Waals surface area contributed by atoms with Gasteiger partial charge in [-0.3, -0.25) is 9.59 Å². The molecule has 0 bridgehead atoms. The molecule has 0 spiro atoms. The second kappa shape index (κ2) is 9.80. The second-order valence-electron chi connectivity index (χ2n) is 7.75. The summed E-state index contributed by atoms with van der Waals surface area (Å²) in [6, 6.07) is 5.88. The number of likely N-dealkylation sites (tertiary alicyclic amines) is 1. The Balaban J connectivity index is 1.59. The van der Waals surface area contributed by atoms with Crippen molar-refractivity contribution >= 4 is 45.1 Å². The molecule has 0 aliphatic carbocycles. The molecule has 158 valence electrons. The first-order chi connectivity index (χ1) is 13.9. The summed E-state index contributed by atoms with van der Waals surface area (Å²) in [5.74, 6) is 2.35. The molecule has 1 fully saturated rings. The van der Waals surface area contributed by atoms with Crippen LogP contribution in [0.1, 0.15) is 27.2 Å². The Hall–Kier alpha value is -1.80. The first-order valence-electron chi connectivity index (χ1n) is 10.0. The van der Waals surface area contributed by atoms with Crippen LogP contribution < -0.4 is 9.54 Å². The first kappa shape index (κ1) is 21.9. The molecule has 0 N–H and O–H groups in total. The van der Waals surface area contributed by atoms with Crippen molar-refractivity contribution in [2.75, 3.05) is 31.2 Å². The van der Waals surface area contributed by atoms with Gasteiger partial charge in [-0.25, -0.2) is 0 Å². The number of piperidine rings is 1. The van der Waals surface area contributed by atoms with Crippen LogP contribution in [-0.2, 0) is 16.6 Å². The summed E-state index contributed by atoms with van der Waals surface area (Å²) in [7, 11) is 1.90. The lowest BCUT2D eigenvalue weighted by Gasteiger charge is -2.35. The first-order valence-corrected chi connectivity index (χ1v) is 12.0. The minimum atomic E-state index is -0.213. The Morgan fingerprint density at radius 1 is 1.24 bits per heavy atom. The van der Waals surface area contributed by atoms with Gasteiger partial charge >= 0.3 is 0 Å². The smallest absolute Gasteiger partial charge is 0.258 e. The summed E-state index contributed by atoms with van der Waals surface area (Å²) in [6.45, 7) is 8.59. The zero-order valence-electron chi connectivity index (χ0n) is 17.5. The van der Waals surface area contributed by atoms with Crippen molar-refractivity contribution in [3.05, 3.63) is 23.0 Å². The third kappa shape index (κ3) is 5.63. The zero-order chi connectivity index (χ0) is 21.0. The van der Waals surface area contributed by atoms with Crippen molar-refractivity contribution < 1.29 is 14.3 Å². The molecule has 2 unspecified atom stereocenters. The lowest BCUT2D eigenvalue weighted by atomic mass is 9.92. The van der Waals surface area contributed by atoms with Gasteiger partial charge in [0.1, 0.15) is 5.75 Å². The highest BCUT2D eigenvalue weighted by Crippen LogP contribution is 2.23. The lowest BCUT2D eigenvalue weighted by molar-refractivity contribution is -0.130. The molecule has 1 aliphatic rings. The van der Waals surface area contributed by atoms with Gasteiger partial charge in [-0.1, -0.05) is 25.2 Å². The van der Waals surface area contributed by atoms with E-state index in [0.717, 1.165) is 29.1 Å². The molecule has 8 heteroatoms. The molecule has 2 atom stereocenters. The molecule has 2 heterocycles. The van der Waals surface area contributed by atoms with E-state index >= 15 is 0 Å². The summed E-state index contributed by atoms with van der Waals surface area (Å²) in [5, 5.41) is 0. The highest BCUT2D eigenvalue weighted by Gasteiger charge is 2.25. The normalized spacial score (nSPS) is 20.3. The van der Waals surface area contributed by atoms with Crippen LogP contribution in [-0.4, -0.2) is 52.5 Å². The number of thiazole rings is 1. The number of ether oxygens (including phenoxy) is 1. The highest BCUT2D eigenvalue weighted by molar-refractivity contribution is 8.00. The summed E-state index contributed by atoms with van der Waals surface area (Å²) < 4.78 is 8.49. The van der Waals surface area contributed by atoms with Crippen molar-refractivity contribution in [2.24, 2.45) is 23.9 Å². The number of carbonyl (C=O) groups is 2. The summed E-state index contributed by atoms with van der Waals surface area (Å²) in [6.07, 6.45) is 1.17. The number of rotatable bonds is 6. The van der Waals surface area contributed by atoms with E-state index in [0.29, 0.717) is 29.0 Å². The number of aromatic nitrogens is 1. The van der Waals surface area contributed by atoms with Crippen molar-refractivity contribution in [3.8, 4) is 5.75 Å². The Morgan fingerprint density at radius 3 is 2.66 bits per heavy atom. The minimum absolute atomic E-state index is 0.122. The van der Waals surface area contributed by atoms with Crippen LogP contribution in [0, 0.1) is 11.8 Å². The maximum Gasteiger partial charge on any atom is 0.258 e. The molecule has 0 saturated carbocycles. The molecule has 6 nitrogen and oxygen atoms in total. The molecule has 3 rings (SSSR count). The number of benzene rings is 1. The number of amides is 2. The molecule has 1 aromatic carbocycles. The van der Waals surface area contributed by atoms with Crippen molar-refractivity contribution in [1.82, 2.24) is 9.47 Å². The van der Waals surface area contributed by atoms with Crippen LogP contribution in [0.15, 0.2) is 23.2 Å². The van der Waals surface area contributed by atoms with Gasteiger partial charge in [0.05, 0.1) is 28.3 Å². The minimum Gasteiger partial charge on any atom is -0.494 e. The van der Waals surface area contributed by atoms with Gasteiger partial charge < -0.3 is 14.2 Å². The molecular formula is C21H29N3O3S2. The van der Waals surface area contributed by atoms with Gasteiger partial charge in [0, 0.05) is 20.1 Å². The maximum atomic E-state index is 12.4. The predicted octanol–water partition coefficient (Wildman–Crippen LogP) is 3.30. The number of fused-ring (bicyclic) bond motifs is 1. The molecule has 29 heavy (non-hydrogen) atoms. The van der Waals surface area contributed by atoms with E-state index in [1.54, 1.807) is 0 Å². The average molecular weight is 436 g/mol. The van der Waals surface area contributed by atoms with E-state index < -0.39 is 0 Å². The fourth-order valence-electron chi connectivity index (χ4n) is 3.80. The predicted molar refractivity (Wildman–Crippen MR) is 119 cm³/mol. The largest absolute Gasteiger partial charge is 0.494 e. The Morgan fingerprint density at radius 2 is 1.97 bits per heavy atom. The van der Waals surface area contributed by atoms with Crippen LogP contribution in [0.4, 0.5) is 0 Å². The average Bonchev–Trinajstić information content (AvgIpc) is 2.96. The SMILES string of the molecule is CCOc1ccc2c(c1)sc(=NC(=O)CSCC(=O)N1CC(C)CC(C)C1)n2C. The third-order valence-electron chi connectivity index (χ3n) is 4.98. The van der Waals surface area contributed by atoms with Gasteiger partial charge in [-0.2, -0.15) is 4.99 Å². The van der Waals surface area contributed by atoms with Crippen LogP contribution in [0.25, 0.3) is 10.2 Å². The van der Waals surface area contributed by atoms with Crippen LogP contribution >= 0.6 is 23.1 Å². The molecule has 2 aromatic rings. The maximum absolute atomic E-state index is 12.4. The summed E-state index contributed by atoms with van der Waals surface area (Å²) in [4.78, 5) is 31.6. The van der Waals surface area contributed by atoms with E-state index in [2.05, 4.69) is 18.8 Å². The van der Waals surface area contributed by atoms with Crippen LogP contribution in [0.5, 0.6) is 5.75 Å². The van der Waals surface area contributed by atoms with Gasteiger partial charge in [0.25, 0.3) is 5.91 Å². The van der Waals surface area contributed by atoms with Gasteiger partial charge in [-0.15, -0.1) is 11.8 Å². The second-order valence-corrected chi connectivity index (χ2v) is 9.74. The number of thioether (sulfide) groups is 1. The Kier molecular flexibility index (Phi) is 7.40. The van der Waals surface area contributed by atoms with E-state index in [-0.39, 0.29) is 17.6 Å². The number of nitrogens with zero attached hydrogens (tertiary/aromatic N) is 3. The number of hydrogen-bond donors (Lipinski definition) is 0. The Bertz CT molecular complexity index is 940. The van der Waals surface area contributed by atoms with Gasteiger partial charge in [0.15, 0.2) is 4.80 Å². The van der Waals surface area contributed by atoms with Crippen LogP contribution in [0.3, 0.4) is 0 Å². The summed E-state index contributed by atoms with van der Waals surface area (Å²) >= 11 is 2.81. The molecular weight excluding hydrogens is 406 g/mol. The fourth-order valence-corrected chi connectivity index (χ4v) is 5.56. The number of aryl methyl sites for hydroxylation is 1. The standard InChI is InChI=1S/C21H29N3O3S2/c1-5-27-16-6-7-17-18(9-16)29-21(23(17)4)22-19(25)12-28-13-20(26)24-10-14(2)8-15(3)11-24/h6-7,9,14-15H,5,8,10-13H2,1-4H3. The van der Waals surface area contributed by atoms with E-state index in [4.69, 9.17) is 4.74 Å². The molecule has 2 amide bonds. The van der Waals surface area contributed by atoms with Crippen molar-refractivity contribution in [2.45, 2.75) is 27.2 Å². The van der Waals surface area contributed by atoms with E-state index in [1.165, 1.54) is 29.5 Å². The molecule has 1 saturated heterocycles. The van der Waals surface area contributed by atoms with Crippen molar-refractivity contribution in [1.29, 1.82) is 0 Å².